The largest absolute Gasteiger partial charge is 0.444 e. The number of nitro benzene ring substituents is 1. The van der Waals surface area contributed by atoms with Crippen LogP contribution in [0.5, 0.6) is 0 Å². The second-order valence-corrected chi connectivity index (χ2v) is 11.1. The number of thioether (sulfide) groups is 1. The van der Waals surface area contributed by atoms with E-state index in [9.17, 15) is 19.7 Å². The molecule has 34 heavy (non-hydrogen) atoms. The van der Waals surface area contributed by atoms with Gasteiger partial charge in [-0.25, -0.2) is 4.79 Å². The Morgan fingerprint density at radius 2 is 1.97 bits per heavy atom. The van der Waals surface area contributed by atoms with Crippen LogP contribution in [-0.4, -0.2) is 80.4 Å². The van der Waals surface area contributed by atoms with Crippen molar-refractivity contribution in [1.82, 2.24) is 15.1 Å². The fraction of sp³-hybridized carbons (Fsp3) is 0.591. The maximum Gasteiger partial charge on any atom is 0.408 e. The Kier molecular flexibility index (Phi) is 10.4. The van der Waals surface area contributed by atoms with Crippen LogP contribution < -0.4 is 5.32 Å². The van der Waals surface area contributed by atoms with E-state index in [1.54, 1.807) is 49.6 Å². The van der Waals surface area contributed by atoms with Crippen molar-refractivity contribution in [1.29, 1.82) is 0 Å². The molecule has 2 amide bonds. The van der Waals surface area contributed by atoms with Crippen molar-refractivity contribution in [2.24, 2.45) is 0 Å². The minimum atomic E-state index is -0.697. The summed E-state index contributed by atoms with van der Waals surface area (Å²) in [4.78, 5) is 39.9. The van der Waals surface area contributed by atoms with Gasteiger partial charge in [0, 0.05) is 31.8 Å². The van der Waals surface area contributed by atoms with E-state index in [0.717, 1.165) is 5.56 Å². The summed E-state index contributed by atoms with van der Waals surface area (Å²) in [5.41, 5.74) is 0.252. The monoisotopic (exact) mass is 528 g/mol. The summed E-state index contributed by atoms with van der Waals surface area (Å²) in [6, 6.07) is 5.51. The molecule has 0 radical (unpaired) electrons. The highest BCUT2D eigenvalue weighted by atomic mass is 32.2. The van der Waals surface area contributed by atoms with Gasteiger partial charge in [-0.05, 0) is 51.2 Å². The number of carbonyl (C=O) groups is 2. The molecule has 2 rings (SSSR count). The van der Waals surface area contributed by atoms with Crippen LogP contribution in [0.3, 0.4) is 0 Å². The lowest BCUT2D eigenvalue weighted by Gasteiger charge is -2.43. The molecule has 2 unspecified atom stereocenters. The number of hydrogen-bond donors (Lipinski definition) is 2. The Balaban J connectivity index is 2.15. The van der Waals surface area contributed by atoms with E-state index in [1.807, 2.05) is 11.2 Å². The van der Waals surface area contributed by atoms with Crippen molar-refractivity contribution in [2.45, 2.75) is 51.3 Å². The fourth-order valence-electron chi connectivity index (χ4n) is 3.67. The molecule has 1 fully saturated rings. The van der Waals surface area contributed by atoms with Gasteiger partial charge in [0.2, 0.25) is 5.91 Å². The third-order valence-electron chi connectivity index (χ3n) is 5.26. The molecule has 9 nitrogen and oxygen atoms in total. The summed E-state index contributed by atoms with van der Waals surface area (Å²) in [5.74, 6) is 0.539. The molecule has 188 valence electrons. The van der Waals surface area contributed by atoms with Crippen LogP contribution in [0.4, 0.5) is 10.5 Å². The molecule has 1 aliphatic rings. The number of piperazine rings is 1. The number of benzene rings is 1. The maximum absolute atomic E-state index is 13.4. The number of nitrogens with one attached hydrogen (secondary N) is 1. The van der Waals surface area contributed by atoms with Crippen LogP contribution >= 0.6 is 36.6 Å². The molecule has 1 aliphatic heterocycles. The third kappa shape index (κ3) is 8.62. The first-order chi connectivity index (χ1) is 15.9. The number of thiol groups is 1. The predicted molar refractivity (Wildman–Crippen MR) is 142 cm³/mol. The van der Waals surface area contributed by atoms with E-state index in [0.29, 0.717) is 42.5 Å². The lowest BCUT2D eigenvalue weighted by atomic mass is 10.0. The van der Waals surface area contributed by atoms with E-state index in [-0.39, 0.29) is 17.6 Å². The summed E-state index contributed by atoms with van der Waals surface area (Å²) in [7, 11) is 0. The average molecular weight is 529 g/mol. The molecule has 1 N–H and O–H groups in total. The van der Waals surface area contributed by atoms with Crippen LogP contribution in [0, 0.1) is 10.1 Å². The molecule has 1 heterocycles. The SMILES string of the molecule is CSCCC(NC(=O)OC(C)(C)C)C(=O)N1CCN(C(=S)S)C(Cc2ccc([N+](=O)[O-])cc2)C1. The van der Waals surface area contributed by atoms with Crippen molar-refractivity contribution in [2.75, 3.05) is 31.6 Å². The summed E-state index contributed by atoms with van der Waals surface area (Å²) in [6.45, 7) is 6.66. The molecule has 0 spiro atoms. The van der Waals surface area contributed by atoms with Gasteiger partial charge < -0.3 is 19.9 Å². The van der Waals surface area contributed by atoms with Gasteiger partial charge in [-0.1, -0.05) is 24.4 Å². The van der Waals surface area contributed by atoms with E-state index < -0.39 is 22.7 Å². The van der Waals surface area contributed by atoms with Crippen molar-refractivity contribution in [3.63, 3.8) is 0 Å². The number of ether oxygens (including phenoxy) is 1. The highest BCUT2D eigenvalue weighted by molar-refractivity contribution is 8.10. The van der Waals surface area contributed by atoms with Gasteiger partial charge in [0.15, 0.2) is 0 Å². The standard InChI is InChI=1S/C22H32N4O5S3/c1-22(2,3)31-20(28)23-18(9-12-34-4)19(27)24-10-11-25(21(32)33)17(14-24)13-15-5-7-16(8-6-15)26(29)30/h5-8,17-18H,9-14H2,1-4H3,(H,23,28)(H,32,33). The van der Waals surface area contributed by atoms with Crippen molar-refractivity contribution < 1.29 is 19.2 Å². The van der Waals surface area contributed by atoms with Gasteiger partial charge >= 0.3 is 6.09 Å². The Morgan fingerprint density at radius 1 is 1.32 bits per heavy atom. The van der Waals surface area contributed by atoms with Crippen LogP contribution in [0.1, 0.15) is 32.8 Å². The molecular formula is C22H32N4O5S3. The van der Waals surface area contributed by atoms with Gasteiger partial charge in [0.1, 0.15) is 16.0 Å². The van der Waals surface area contributed by atoms with Crippen molar-refractivity contribution in [3.05, 3.63) is 39.9 Å². The Bertz CT molecular complexity index is 892. The first-order valence-electron chi connectivity index (χ1n) is 10.9. The zero-order chi connectivity index (χ0) is 25.5. The number of thiocarbonyl (C=S) groups is 1. The lowest BCUT2D eigenvalue weighted by Crippen LogP contribution is -2.59. The topological polar surface area (TPSA) is 105 Å². The number of alkyl carbamates (subject to hydrolysis) is 1. The average Bonchev–Trinajstić information content (AvgIpc) is 2.75. The molecule has 0 saturated carbocycles. The molecule has 12 heteroatoms. The van der Waals surface area contributed by atoms with Crippen LogP contribution in [0.2, 0.25) is 0 Å². The minimum absolute atomic E-state index is 0.0237. The van der Waals surface area contributed by atoms with E-state index in [1.165, 1.54) is 12.1 Å². The number of nitro groups is 1. The van der Waals surface area contributed by atoms with Gasteiger partial charge in [-0.15, -0.1) is 12.6 Å². The Labute approximate surface area is 215 Å². The van der Waals surface area contributed by atoms with E-state index >= 15 is 0 Å². The van der Waals surface area contributed by atoms with Crippen LogP contribution in [0.15, 0.2) is 24.3 Å². The molecule has 1 saturated heterocycles. The molecule has 2 atom stereocenters. The number of hydrogen-bond acceptors (Lipinski definition) is 7. The summed E-state index contributed by atoms with van der Waals surface area (Å²) >= 11 is 11.3. The van der Waals surface area contributed by atoms with Crippen LogP contribution in [-0.2, 0) is 16.0 Å². The van der Waals surface area contributed by atoms with Crippen LogP contribution in [0.25, 0.3) is 0 Å². The quantitative estimate of drug-likeness (QED) is 0.229. The lowest BCUT2D eigenvalue weighted by molar-refractivity contribution is -0.384. The molecule has 1 aromatic rings. The molecule has 0 aromatic heterocycles. The van der Waals surface area contributed by atoms with Gasteiger partial charge in [-0.2, -0.15) is 11.8 Å². The number of non-ortho nitro benzene ring substituents is 1. The minimum Gasteiger partial charge on any atom is -0.444 e. The number of nitrogens with zero attached hydrogens (tertiary/aromatic N) is 3. The second-order valence-electron chi connectivity index (χ2n) is 9.02. The van der Waals surface area contributed by atoms with Crippen molar-refractivity contribution in [3.8, 4) is 0 Å². The van der Waals surface area contributed by atoms with Crippen molar-refractivity contribution >= 4 is 58.6 Å². The Morgan fingerprint density at radius 3 is 2.50 bits per heavy atom. The highest BCUT2D eigenvalue weighted by Crippen LogP contribution is 2.20. The normalized spacial score (nSPS) is 17.1. The summed E-state index contributed by atoms with van der Waals surface area (Å²) in [6.07, 6.45) is 2.35. The maximum atomic E-state index is 13.4. The summed E-state index contributed by atoms with van der Waals surface area (Å²) in [5, 5.41) is 13.7. The number of carbonyl (C=O) groups excluding carboxylic acids is 2. The third-order valence-corrected chi connectivity index (χ3v) is 6.39. The smallest absolute Gasteiger partial charge is 0.408 e. The highest BCUT2D eigenvalue weighted by Gasteiger charge is 2.34. The zero-order valence-corrected chi connectivity index (χ0v) is 22.4. The predicted octanol–water partition coefficient (Wildman–Crippen LogP) is 3.51. The van der Waals surface area contributed by atoms with E-state index in [4.69, 9.17) is 17.0 Å². The Hall–Kier alpha value is -2.05. The molecular weight excluding hydrogens is 496 g/mol. The molecule has 0 aliphatic carbocycles. The number of amides is 2. The molecule has 1 aromatic carbocycles. The van der Waals surface area contributed by atoms with Gasteiger partial charge in [0.25, 0.3) is 5.69 Å². The first-order valence-corrected chi connectivity index (χ1v) is 13.2. The van der Waals surface area contributed by atoms with E-state index in [2.05, 4.69) is 17.9 Å². The first kappa shape index (κ1) is 28.2. The zero-order valence-electron chi connectivity index (χ0n) is 19.9. The molecule has 0 bridgehead atoms. The fourth-order valence-corrected chi connectivity index (χ4v) is 4.65. The summed E-state index contributed by atoms with van der Waals surface area (Å²) < 4.78 is 5.78. The van der Waals surface area contributed by atoms with Gasteiger partial charge in [-0.3, -0.25) is 14.9 Å². The van der Waals surface area contributed by atoms with Gasteiger partial charge in [0.05, 0.1) is 11.0 Å². The number of rotatable bonds is 8. The second kappa shape index (κ2) is 12.6.